The van der Waals surface area contributed by atoms with Gasteiger partial charge in [-0.25, -0.2) is 4.79 Å². The fourth-order valence-corrected chi connectivity index (χ4v) is 1.17. The van der Waals surface area contributed by atoms with Crippen molar-refractivity contribution in [3.63, 3.8) is 0 Å². The highest BCUT2D eigenvalue weighted by atomic mass is 16.4. The van der Waals surface area contributed by atoms with E-state index in [1.54, 1.807) is 0 Å². The van der Waals surface area contributed by atoms with Crippen LogP contribution in [-0.2, 0) is 14.4 Å². The Labute approximate surface area is 107 Å². The van der Waals surface area contributed by atoms with Gasteiger partial charge in [0, 0.05) is 6.42 Å². The Bertz CT molecular complexity index is 342. The molecule has 0 heterocycles. The lowest BCUT2D eigenvalue weighted by atomic mass is 9.92. The van der Waals surface area contributed by atoms with Crippen molar-refractivity contribution in [2.75, 3.05) is 6.54 Å². The van der Waals surface area contributed by atoms with Gasteiger partial charge < -0.3 is 15.7 Å². The van der Waals surface area contributed by atoms with Crippen LogP contribution in [0.25, 0.3) is 0 Å². The van der Waals surface area contributed by atoms with Gasteiger partial charge in [0.05, 0.1) is 6.54 Å². The largest absolute Gasteiger partial charge is 0.480 e. The zero-order valence-electron chi connectivity index (χ0n) is 11.6. The highest BCUT2D eigenvalue weighted by molar-refractivity contribution is 5.89. The normalized spacial score (nSPS) is 11.8. The van der Waals surface area contributed by atoms with Gasteiger partial charge in [0.25, 0.3) is 0 Å². The SMILES string of the molecule is CC(C)(C)CC(=O)NCC(=O)NC(C)(C)C(=O)O. The maximum absolute atomic E-state index is 11.5. The summed E-state index contributed by atoms with van der Waals surface area (Å²) in [5.74, 6) is -1.88. The summed E-state index contributed by atoms with van der Waals surface area (Å²) in [4.78, 5) is 33.7. The van der Waals surface area contributed by atoms with Gasteiger partial charge in [0.2, 0.25) is 11.8 Å². The first-order chi connectivity index (χ1) is 7.94. The summed E-state index contributed by atoms with van der Waals surface area (Å²) in [6, 6.07) is 0. The molecule has 0 aromatic carbocycles. The van der Waals surface area contributed by atoms with E-state index in [9.17, 15) is 14.4 Å². The van der Waals surface area contributed by atoms with E-state index in [1.165, 1.54) is 13.8 Å². The fourth-order valence-electron chi connectivity index (χ4n) is 1.17. The summed E-state index contributed by atoms with van der Waals surface area (Å²) >= 11 is 0. The zero-order chi connectivity index (χ0) is 14.6. The van der Waals surface area contributed by atoms with E-state index >= 15 is 0 Å². The number of carboxylic acids is 1. The van der Waals surface area contributed by atoms with Crippen LogP contribution in [0.15, 0.2) is 0 Å². The second-order valence-corrected chi connectivity index (χ2v) is 5.99. The van der Waals surface area contributed by atoms with Crippen LogP contribution in [0.3, 0.4) is 0 Å². The summed E-state index contributed by atoms with van der Waals surface area (Å²) in [6.07, 6.45) is 0.308. The summed E-state index contributed by atoms with van der Waals surface area (Å²) in [5.41, 5.74) is -1.49. The van der Waals surface area contributed by atoms with E-state index in [4.69, 9.17) is 5.11 Å². The molecular formula is C12H22N2O4. The molecule has 104 valence electrons. The summed E-state index contributed by atoms with van der Waals surface area (Å²) < 4.78 is 0. The maximum Gasteiger partial charge on any atom is 0.328 e. The Morgan fingerprint density at radius 3 is 1.89 bits per heavy atom. The smallest absolute Gasteiger partial charge is 0.328 e. The predicted octanol–water partition coefficient (Wildman–Crippen LogP) is 0.518. The van der Waals surface area contributed by atoms with Crippen LogP contribution in [0.1, 0.15) is 41.0 Å². The van der Waals surface area contributed by atoms with Gasteiger partial charge in [0.1, 0.15) is 5.54 Å². The lowest BCUT2D eigenvalue weighted by molar-refractivity contribution is -0.145. The van der Waals surface area contributed by atoms with Gasteiger partial charge >= 0.3 is 5.97 Å². The van der Waals surface area contributed by atoms with E-state index in [2.05, 4.69) is 10.6 Å². The summed E-state index contributed by atoms with van der Waals surface area (Å²) in [7, 11) is 0. The van der Waals surface area contributed by atoms with Crippen LogP contribution in [0.4, 0.5) is 0 Å². The van der Waals surface area contributed by atoms with Gasteiger partial charge in [-0.2, -0.15) is 0 Å². The molecule has 2 amide bonds. The van der Waals surface area contributed by atoms with Crippen molar-refractivity contribution in [3.8, 4) is 0 Å². The van der Waals surface area contributed by atoms with Crippen LogP contribution < -0.4 is 10.6 Å². The number of aliphatic carboxylic acids is 1. The highest BCUT2D eigenvalue weighted by Crippen LogP contribution is 2.17. The molecule has 6 heteroatoms. The quantitative estimate of drug-likeness (QED) is 0.670. The molecule has 18 heavy (non-hydrogen) atoms. The van der Waals surface area contributed by atoms with Crippen molar-refractivity contribution in [1.82, 2.24) is 10.6 Å². The Hall–Kier alpha value is -1.59. The minimum absolute atomic E-state index is 0.152. The molecule has 3 N–H and O–H groups in total. The summed E-state index contributed by atoms with van der Waals surface area (Å²) in [6.45, 7) is 8.29. The fraction of sp³-hybridized carbons (Fsp3) is 0.750. The molecule has 0 unspecified atom stereocenters. The second-order valence-electron chi connectivity index (χ2n) is 5.99. The van der Waals surface area contributed by atoms with E-state index in [0.717, 1.165) is 0 Å². The Morgan fingerprint density at radius 1 is 1.00 bits per heavy atom. The number of carboxylic acid groups (broad SMARTS) is 1. The molecule has 0 atom stereocenters. The Balaban J connectivity index is 4.13. The van der Waals surface area contributed by atoms with Gasteiger partial charge in [-0.3, -0.25) is 9.59 Å². The third kappa shape index (κ3) is 6.88. The average Bonchev–Trinajstić information content (AvgIpc) is 2.11. The number of nitrogens with one attached hydrogen (secondary N) is 2. The lowest BCUT2D eigenvalue weighted by Crippen LogP contribution is -2.52. The second kappa shape index (κ2) is 5.84. The monoisotopic (exact) mass is 258 g/mol. The number of amides is 2. The highest BCUT2D eigenvalue weighted by Gasteiger charge is 2.28. The van der Waals surface area contributed by atoms with Crippen LogP contribution in [-0.4, -0.2) is 35.0 Å². The Morgan fingerprint density at radius 2 is 1.50 bits per heavy atom. The predicted molar refractivity (Wildman–Crippen MR) is 66.9 cm³/mol. The maximum atomic E-state index is 11.5. The molecule has 0 bridgehead atoms. The van der Waals surface area contributed by atoms with Crippen LogP contribution >= 0.6 is 0 Å². The molecule has 0 aromatic rings. The van der Waals surface area contributed by atoms with Crippen molar-refractivity contribution >= 4 is 17.8 Å². The molecule has 0 radical (unpaired) electrons. The summed E-state index contributed by atoms with van der Waals surface area (Å²) in [5, 5.41) is 13.6. The van der Waals surface area contributed by atoms with E-state index in [0.29, 0.717) is 6.42 Å². The van der Waals surface area contributed by atoms with E-state index in [1.807, 2.05) is 20.8 Å². The van der Waals surface area contributed by atoms with Gasteiger partial charge in [-0.1, -0.05) is 20.8 Å². The van der Waals surface area contributed by atoms with Crippen molar-refractivity contribution in [3.05, 3.63) is 0 Å². The number of carbonyl (C=O) groups excluding carboxylic acids is 2. The number of hydrogen-bond donors (Lipinski definition) is 3. The molecule has 0 fully saturated rings. The van der Waals surface area contributed by atoms with Crippen LogP contribution in [0.2, 0.25) is 0 Å². The first-order valence-electron chi connectivity index (χ1n) is 5.75. The van der Waals surface area contributed by atoms with Gasteiger partial charge in [-0.15, -0.1) is 0 Å². The first-order valence-corrected chi connectivity index (χ1v) is 5.75. The van der Waals surface area contributed by atoms with Gasteiger partial charge in [-0.05, 0) is 19.3 Å². The number of hydrogen-bond acceptors (Lipinski definition) is 3. The first kappa shape index (κ1) is 16.4. The third-order valence-corrected chi connectivity index (χ3v) is 2.12. The third-order valence-electron chi connectivity index (χ3n) is 2.12. The molecule has 0 aliphatic rings. The molecule has 6 nitrogen and oxygen atoms in total. The van der Waals surface area contributed by atoms with Gasteiger partial charge in [0.15, 0.2) is 0 Å². The minimum Gasteiger partial charge on any atom is -0.480 e. The standard InChI is InChI=1S/C12H22N2O4/c1-11(2,3)6-8(15)13-7-9(16)14-12(4,5)10(17)18/h6-7H2,1-5H3,(H,13,15)(H,14,16)(H,17,18). The van der Waals surface area contributed by atoms with Crippen molar-refractivity contribution in [2.24, 2.45) is 5.41 Å². The van der Waals surface area contributed by atoms with E-state index in [-0.39, 0.29) is 17.9 Å². The molecule has 0 aliphatic heterocycles. The molecular weight excluding hydrogens is 236 g/mol. The average molecular weight is 258 g/mol. The Kier molecular flexibility index (Phi) is 5.32. The van der Waals surface area contributed by atoms with Crippen molar-refractivity contribution in [2.45, 2.75) is 46.6 Å². The number of rotatable bonds is 5. The molecule has 0 aromatic heterocycles. The molecule has 0 saturated carbocycles. The van der Waals surface area contributed by atoms with E-state index < -0.39 is 17.4 Å². The lowest BCUT2D eigenvalue weighted by Gasteiger charge is -2.21. The molecule has 0 saturated heterocycles. The molecule has 0 rings (SSSR count). The van der Waals surface area contributed by atoms with Crippen molar-refractivity contribution < 1.29 is 19.5 Å². The van der Waals surface area contributed by atoms with Crippen LogP contribution in [0, 0.1) is 5.41 Å². The molecule has 0 spiro atoms. The molecule has 0 aliphatic carbocycles. The number of carbonyl (C=O) groups is 3. The zero-order valence-corrected chi connectivity index (χ0v) is 11.6. The van der Waals surface area contributed by atoms with Crippen LogP contribution in [0.5, 0.6) is 0 Å². The van der Waals surface area contributed by atoms with Crippen molar-refractivity contribution in [1.29, 1.82) is 0 Å². The minimum atomic E-state index is -1.34. The topological polar surface area (TPSA) is 95.5 Å².